The molecule has 1 atom stereocenters. The molecular weight excluding hydrogens is 383 g/mol. The molecule has 1 saturated heterocycles. The van der Waals surface area contributed by atoms with Gasteiger partial charge in [-0.2, -0.15) is 0 Å². The highest BCUT2D eigenvalue weighted by Gasteiger charge is 2.25. The predicted octanol–water partition coefficient (Wildman–Crippen LogP) is 4.26. The molecule has 2 aromatic carbocycles. The van der Waals surface area contributed by atoms with E-state index in [-0.39, 0.29) is 5.02 Å². The Balaban J connectivity index is 1.66. The molecule has 1 aliphatic heterocycles. The number of fused-ring (bicyclic) bond motifs is 1. The molecule has 0 aliphatic carbocycles. The molecule has 1 fully saturated rings. The van der Waals surface area contributed by atoms with Crippen molar-refractivity contribution in [2.75, 3.05) is 32.6 Å². The number of ether oxygens (including phenoxy) is 2. The Bertz CT molecular complexity index is 1020. The summed E-state index contributed by atoms with van der Waals surface area (Å²) in [5, 5.41) is 3.97. The molecule has 3 aromatic rings. The monoisotopic (exact) mass is 402 g/mol. The fourth-order valence-electron chi connectivity index (χ4n) is 3.11. The van der Waals surface area contributed by atoms with Crippen LogP contribution in [0.1, 0.15) is 6.42 Å². The van der Waals surface area contributed by atoms with Crippen LogP contribution in [0.3, 0.4) is 0 Å². The molecule has 1 aromatic heterocycles. The zero-order valence-corrected chi connectivity index (χ0v) is 16.3. The number of likely N-dealkylation sites (tertiary alicyclic amines) is 1. The first-order valence-corrected chi connectivity index (χ1v) is 9.31. The molecule has 0 spiro atoms. The van der Waals surface area contributed by atoms with Gasteiger partial charge in [0.25, 0.3) is 0 Å². The van der Waals surface area contributed by atoms with Gasteiger partial charge in [0.15, 0.2) is 11.5 Å². The van der Waals surface area contributed by atoms with Crippen LogP contribution in [0.4, 0.5) is 15.9 Å². The highest BCUT2D eigenvalue weighted by Crippen LogP contribution is 2.35. The molecule has 1 N–H and O–H groups in total. The minimum absolute atomic E-state index is 0.0404. The van der Waals surface area contributed by atoms with E-state index in [4.69, 9.17) is 21.1 Å². The lowest BCUT2D eigenvalue weighted by Crippen LogP contribution is -2.48. The second-order valence-corrected chi connectivity index (χ2v) is 7.14. The molecule has 0 bridgehead atoms. The molecule has 1 aliphatic rings. The molecule has 0 amide bonds. The van der Waals surface area contributed by atoms with Crippen molar-refractivity contribution in [2.24, 2.45) is 0 Å². The van der Waals surface area contributed by atoms with Gasteiger partial charge in [-0.1, -0.05) is 11.6 Å². The average Bonchev–Trinajstić information content (AvgIpc) is 2.69. The summed E-state index contributed by atoms with van der Waals surface area (Å²) in [5.74, 6) is 1.34. The Morgan fingerprint density at radius 2 is 2.11 bits per heavy atom. The van der Waals surface area contributed by atoms with Crippen LogP contribution in [-0.2, 0) is 0 Å². The van der Waals surface area contributed by atoms with Crippen molar-refractivity contribution in [1.29, 1.82) is 0 Å². The first kappa shape index (κ1) is 18.7. The van der Waals surface area contributed by atoms with Crippen LogP contribution >= 0.6 is 11.6 Å². The maximum absolute atomic E-state index is 13.4. The van der Waals surface area contributed by atoms with Gasteiger partial charge < -0.3 is 14.8 Å². The van der Waals surface area contributed by atoms with Gasteiger partial charge in [0, 0.05) is 23.2 Å². The van der Waals surface area contributed by atoms with Gasteiger partial charge in [-0.15, -0.1) is 0 Å². The van der Waals surface area contributed by atoms with Crippen LogP contribution in [0, 0.1) is 5.82 Å². The number of benzene rings is 2. The number of hydrogen-bond acceptors (Lipinski definition) is 6. The third kappa shape index (κ3) is 3.68. The van der Waals surface area contributed by atoms with Crippen LogP contribution in [0.2, 0.25) is 5.02 Å². The van der Waals surface area contributed by atoms with Gasteiger partial charge in [-0.3, -0.25) is 4.90 Å². The van der Waals surface area contributed by atoms with Crippen molar-refractivity contribution >= 4 is 34.0 Å². The lowest BCUT2D eigenvalue weighted by molar-refractivity contribution is 0.0758. The van der Waals surface area contributed by atoms with E-state index in [2.05, 4.69) is 27.2 Å². The number of hydrogen-bond donors (Lipinski definition) is 1. The van der Waals surface area contributed by atoms with Crippen molar-refractivity contribution in [2.45, 2.75) is 12.5 Å². The smallest absolute Gasteiger partial charge is 0.162 e. The molecule has 2 heterocycles. The van der Waals surface area contributed by atoms with Gasteiger partial charge in [0.05, 0.1) is 17.6 Å². The highest BCUT2D eigenvalue weighted by atomic mass is 35.5. The molecule has 4 rings (SSSR count). The van der Waals surface area contributed by atoms with Gasteiger partial charge in [0.1, 0.15) is 24.6 Å². The highest BCUT2D eigenvalue weighted by molar-refractivity contribution is 6.31. The minimum atomic E-state index is -0.471. The average molecular weight is 403 g/mol. The maximum Gasteiger partial charge on any atom is 0.162 e. The van der Waals surface area contributed by atoms with E-state index < -0.39 is 5.82 Å². The van der Waals surface area contributed by atoms with Crippen LogP contribution in [0.15, 0.2) is 36.7 Å². The third-order valence-electron chi connectivity index (χ3n) is 4.97. The Morgan fingerprint density at radius 1 is 1.25 bits per heavy atom. The summed E-state index contributed by atoms with van der Waals surface area (Å²) < 4.78 is 24.9. The molecule has 0 unspecified atom stereocenters. The van der Waals surface area contributed by atoms with Crippen LogP contribution < -0.4 is 14.8 Å². The van der Waals surface area contributed by atoms with E-state index in [1.807, 2.05) is 12.1 Å². The molecule has 0 saturated carbocycles. The quantitative estimate of drug-likeness (QED) is 0.665. The molecule has 146 valence electrons. The van der Waals surface area contributed by atoms with Crippen molar-refractivity contribution in [3.05, 3.63) is 47.5 Å². The Labute approximate surface area is 167 Å². The predicted molar refractivity (Wildman–Crippen MR) is 107 cm³/mol. The minimum Gasteiger partial charge on any atom is -0.493 e. The summed E-state index contributed by atoms with van der Waals surface area (Å²) in [6.07, 6.45) is 2.58. The van der Waals surface area contributed by atoms with Crippen LogP contribution in [-0.4, -0.2) is 48.2 Å². The number of aromatic nitrogens is 2. The van der Waals surface area contributed by atoms with Crippen molar-refractivity contribution in [3.8, 4) is 11.5 Å². The van der Waals surface area contributed by atoms with Crippen molar-refractivity contribution in [3.63, 3.8) is 0 Å². The summed E-state index contributed by atoms with van der Waals surface area (Å²) in [6.45, 7) is 1.67. The van der Waals surface area contributed by atoms with Crippen molar-refractivity contribution < 1.29 is 13.9 Å². The van der Waals surface area contributed by atoms with Crippen molar-refractivity contribution in [1.82, 2.24) is 14.9 Å². The van der Waals surface area contributed by atoms with E-state index in [1.54, 1.807) is 13.2 Å². The number of anilines is 2. The van der Waals surface area contributed by atoms with Gasteiger partial charge in [-0.25, -0.2) is 14.4 Å². The normalized spacial score (nSPS) is 16.6. The van der Waals surface area contributed by atoms with E-state index in [1.165, 1.54) is 18.5 Å². The van der Waals surface area contributed by atoms with Gasteiger partial charge >= 0.3 is 0 Å². The SMILES string of the molecule is COc1cc2ncnc(Nc3ccc(F)c(Cl)c3)c2cc1OC[C@@H]1CCN1C. The standard InChI is InChI=1S/C20H20ClFN4O2/c1-26-6-5-13(26)10-28-19-8-14-17(9-18(19)27-2)23-11-24-20(14)25-12-3-4-16(22)15(21)7-12/h3-4,7-9,11,13H,5-6,10H2,1-2H3,(H,23,24,25)/t13-/m0/s1. The summed E-state index contributed by atoms with van der Waals surface area (Å²) in [7, 11) is 3.68. The number of methoxy groups -OCH3 is 1. The first-order valence-electron chi connectivity index (χ1n) is 8.93. The second-order valence-electron chi connectivity index (χ2n) is 6.73. The molecular formula is C20H20ClFN4O2. The summed E-state index contributed by atoms with van der Waals surface area (Å²) in [4.78, 5) is 10.9. The van der Waals surface area contributed by atoms with Crippen LogP contribution in [0.25, 0.3) is 10.9 Å². The van der Waals surface area contributed by atoms with E-state index >= 15 is 0 Å². The van der Waals surface area contributed by atoms with E-state index in [0.717, 1.165) is 18.4 Å². The molecule has 0 radical (unpaired) electrons. The Hall–Kier alpha value is -2.64. The fraction of sp³-hybridized carbons (Fsp3) is 0.300. The summed E-state index contributed by atoms with van der Waals surface area (Å²) in [5.41, 5.74) is 1.33. The zero-order chi connectivity index (χ0) is 19.7. The Kier molecular flexibility index (Phi) is 5.19. The maximum atomic E-state index is 13.4. The zero-order valence-electron chi connectivity index (χ0n) is 15.6. The van der Waals surface area contributed by atoms with Gasteiger partial charge in [0.2, 0.25) is 0 Å². The number of rotatable bonds is 6. The van der Waals surface area contributed by atoms with Crippen LogP contribution in [0.5, 0.6) is 11.5 Å². The summed E-state index contributed by atoms with van der Waals surface area (Å²) >= 11 is 5.88. The largest absolute Gasteiger partial charge is 0.493 e. The number of nitrogens with zero attached hydrogens (tertiary/aromatic N) is 3. The summed E-state index contributed by atoms with van der Waals surface area (Å²) in [6, 6.07) is 8.51. The topological polar surface area (TPSA) is 59.5 Å². The molecule has 8 heteroatoms. The lowest BCUT2D eigenvalue weighted by Gasteiger charge is -2.37. The second kappa shape index (κ2) is 7.77. The number of halogens is 2. The van der Waals surface area contributed by atoms with Gasteiger partial charge in [-0.05, 0) is 44.3 Å². The van der Waals surface area contributed by atoms with E-state index in [9.17, 15) is 4.39 Å². The number of nitrogens with one attached hydrogen (secondary N) is 1. The Morgan fingerprint density at radius 3 is 2.79 bits per heavy atom. The lowest BCUT2D eigenvalue weighted by atomic mass is 10.1. The molecule has 28 heavy (non-hydrogen) atoms. The fourth-order valence-corrected chi connectivity index (χ4v) is 3.29. The number of likely N-dealkylation sites (N-methyl/N-ethyl adjacent to an activating group) is 1. The first-order chi connectivity index (χ1) is 13.5. The van der Waals surface area contributed by atoms with E-state index in [0.29, 0.717) is 41.2 Å². The third-order valence-corrected chi connectivity index (χ3v) is 5.26. The molecule has 6 nitrogen and oxygen atoms in total.